The van der Waals surface area contributed by atoms with Gasteiger partial charge in [0.1, 0.15) is 0 Å². The SMILES string of the molecule is CCC(Br)CCNC(=O)c1ccc(C(F)(F)F)cc1. The van der Waals surface area contributed by atoms with E-state index in [-0.39, 0.29) is 11.5 Å². The highest BCUT2D eigenvalue weighted by atomic mass is 79.9. The lowest BCUT2D eigenvalue weighted by atomic mass is 10.1. The van der Waals surface area contributed by atoms with E-state index >= 15 is 0 Å². The highest BCUT2D eigenvalue weighted by Gasteiger charge is 2.30. The van der Waals surface area contributed by atoms with Crippen LogP contribution in [-0.2, 0) is 6.18 Å². The van der Waals surface area contributed by atoms with Crippen molar-refractivity contribution in [2.24, 2.45) is 0 Å². The van der Waals surface area contributed by atoms with Crippen LogP contribution in [-0.4, -0.2) is 17.3 Å². The Bertz CT molecular complexity index is 417. The van der Waals surface area contributed by atoms with Crippen LogP contribution in [0.3, 0.4) is 0 Å². The number of carbonyl (C=O) groups excluding carboxylic acids is 1. The summed E-state index contributed by atoms with van der Waals surface area (Å²) in [4.78, 5) is 12.0. The molecule has 1 aromatic rings. The van der Waals surface area contributed by atoms with Crippen molar-refractivity contribution in [3.05, 3.63) is 35.4 Å². The summed E-state index contributed by atoms with van der Waals surface area (Å²) in [5.41, 5.74) is -0.522. The van der Waals surface area contributed by atoms with Gasteiger partial charge in [-0.2, -0.15) is 13.2 Å². The first-order valence-electron chi connectivity index (χ1n) is 5.94. The smallest absolute Gasteiger partial charge is 0.352 e. The molecule has 0 heterocycles. The van der Waals surface area contributed by atoms with E-state index in [4.69, 9.17) is 0 Å². The van der Waals surface area contributed by atoms with Gasteiger partial charge < -0.3 is 5.32 Å². The standard InChI is InChI=1S/C13H15BrF3NO/c1-2-11(14)7-8-18-12(19)9-3-5-10(6-4-9)13(15,16)17/h3-6,11H,2,7-8H2,1H3,(H,18,19). The molecule has 0 saturated carbocycles. The first kappa shape index (κ1) is 16.0. The van der Waals surface area contributed by atoms with Crippen LogP contribution in [0.25, 0.3) is 0 Å². The molecule has 2 nitrogen and oxygen atoms in total. The van der Waals surface area contributed by atoms with Crippen LogP contribution in [0.5, 0.6) is 0 Å². The normalized spacial score (nSPS) is 13.1. The van der Waals surface area contributed by atoms with Gasteiger partial charge in [-0.1, -0.05) is 22.9 Å². The van der Waals surface area contributed by atoms with E-state index in [2.05, 4.69) is 21.2 Å². The summed E-state index contributed by atoms with van der Waals surface area (Å²) in [7, 11) is 0. The Morgan fingerprint density at radius 1 is 1.32 bits per heavy atom. The first-order chi connectivity index (χ1) is 8.84. The third-order valence-electron chi connectivity index (χ3n) is 2.66. The van der Waals surface area contributed by atoms with Crippen molar-refractivity contribution >= 4 is 21.8 Å². The van der Waals surface area contributed by atoms with Crippen LogP contribution in [0.2, 0.25) is 0 Å². The first-order valence-corrected chi connectivity index (χ1v) is 6.85. The molecule has 1 amide bonds. The zero-order valence-electron chi connectivity index (χ0n) is 10.4. The lowest BCUT2D eigenvalue weighted by molar-refractivity contribution is -0.137. The van der Waals surface area contributed by atoms with Crippen LogP contribution in [0.15, 0.2) is 24.3 Å². The van der Waals surface area contributed by atoms with Crippen LogP contribution in [0.4, 0.5) is 13.2 Å². The van der Waals surface area contributed by atoms with Gasteiger partial charge in [0.25, 0.3) is 5.91 Å². The number of benzene rings is 1. The van der Waals surface area contributed by atoms with Crippen molar-refractivity contribution < 1.29 is 18.0 Å². The second-order valence-corrected chi connectivity index (χ2v) is 5.42. The van der Waals surface area contributed by atoms with Crippen LogP contribution in [0, 0.1) is 0 Å². The number of alkyl halides is 4. The van der Waals surface area contributed by atoms with Gasteiger partial charge in [-0.25, -0.2) is 0 Å². The molecule has 19 heavy (non-hydrogen) atoms. The number of amides is 1. The molecular formula is C13H15BrF3NO. The van der Waals surface area contributed by atoms with Crippen LogP contribution < -0.4 is 5.32 Å². The van der Waals surface area contributed by atoms with Crippen molar-refractivity contribution in [3.8, 4) is 0 Å². The molecule has 0 aromatic heterocycles. The summed E-state index contributed by atoms with van der Waals surface area (Å²) in [6.07, 6.45) is -2.64. The Balaban J connectivity index is 2.54. The Morgan fingerprint density at radius 3 is 2.37 bits per heavy atom. The van der Waals surface area contributed by atoms with Crippen molar-refractivity contribution in [1.29, 1.82) is 0 Å². The maximum absolute atomic E-state index is 12.3. The van der Waals surface area contributed by atoms with Crippen molar-refractivity contribution in [2.75, 3.05) is 6.54 Å². The van der Waals surface area contributed by atoms with E-state index in [1.807, 2.05) is 6.92 Å². The van der Waals surface area contributed by atoms with Gasteiger partial charge in [-0.15, -0.1) is 0 Å². The average molecular weight is 338 g/mol. The number of hydrogen-bond donors (Lipinski definition) is 1. The molecule has 106 valence electrons. The third-order valence-corrected chi connectivity index (χ3v) is 3.77. The summed E-state index contributed by atoms with van der Waals surface area (Å²) in [6.45, 7) is 2.51. The van der Waals surface area contributed by atoms with Crippen molar-refractivity contribution in [2.45, 2.75) is 30.8 Å². The maximum atomic E-state index is 12.3. The molecule has 0 aliphatic rings. The third kappa shape index (κ3) is 5.22. The predicted molar refractivity (Wildman–Crippen MR) is 71.4 cm³/mol. The van der Waals surface area contributed by atoms with E-state index < -0.39 is 11.7 Å². The van der Waals surface area contributed by atoms with Gasteiger partial charge in [0.05, 0.1) is 5.56 Å². The zero-order chi connectivity index (χ0) is 14.5. The maximum Gasteiger partial charge on any atom is 0.416 e. The number of nitrogens with one attached hydrogen (secondary N) is 1. The summed E-state index contributed by atoms with van der Waals surface area (Å²) in [6, 6.07) is 4.19. The van der Waals surface area contributed by atoms with Gasteiger partial charge in [0.15, 0.2) is 0 Å². The lowest BCUT2D eigenvalue weighted by Crippen LogP contribution is -2.26. The fourth-order valence-electron chi connectivity index (χ4n) is 1.46. The minimum atomic E-state index is -4.38. The molecule has 0 aliphatic carbocycles. The molecule has 0 aliphatic heterocycles. The molecule has 0 fully saturated rings. The zero-order valence-corrected chi connectivity index (χ0v) is 12.0. The summed E-state index contributed by atoms with van der Waals surface area (Å²) in [5.74, 6) is -0.357. The van der Waals surface area contributed by atoms with Crippen LogP contribution >= 0.6 is 15.9 Å². The monoisotopic (exact) mass is 337 g/mol. The molecular weight excluding hydrogens is 323 g/mol. The number of halogens is 4. The minimum absolute atomic E-state index is 0.232. The Hall–Kier alpha value is -1.04. The van der Waals surface area contributed by atoms with Crippen molar-refractivity contribution in [1.82, 2.24) is 5.32 Å². The molecule has 0 bridgehead atoms. The lowest BCUT2D eigenvalue weighted by Gasteiger charge is -2.09. The summed E-state index contributed by atoms with van der Waals surface area (Å²) in [5, 5.41) is 2.67. The molecule has 6 heteroatoms. The Labute approximate surface area is 118 Å². The van der Waals surface area contributed by atoms with Gasteiger partial charge in [-0.3, -0.25) is 4.79 Å². The number of carbonyl (C=O) groups is 1. The molecule has 1 rings (SSSR count). The second kappa shape index (κ2) is 6.93. The highest BCUT2D eigenvalue weighted by Crippen LogP contribution is 2.29. The summed E-state index contributed by atoms with van der Waals surface area (Å²) < 4.78 is 37.0. The van der Waals surface area contributed by atoms with Crippen molar-refractivity contribution in [3.63, 3.8) is 0 Å². The molecule has 1 unspecified atom stereocenters. The van der Waals surface area contributed by atoms with E-state index in [1.54, 1.807) is 0 Å². The average Bonchev–Trinajstić information content (AvgIpc) is 2.37. The summed E-state index contributed by atoms with van der Waals surface area (Å²) >= 11 is 3.44. The fraction of sp³-hybridized carbons (Fsp3) is 0.462. The molecule has 0 saturated heterocycles. The van der Waals surface area contributed by atoms with E-state index in [0.717, 1.165) is 25.0 Å². The predicted octanol–water partition coefficient (Wildman–Crippen LogP) is 4.00. The second-order valence-electron chi connectivity index (χ2n) is 4.13. The topological polar surface area (TPSA) is 29.1 Å². The van der Waals surface area contributed by atoms with E-state index in [9.17, 15) is 18.0 Å². The molecule has 1 atom stereocenters. The Kier molecular flexibility index (Phi) is 5.85. The highest BCUT2D eigenvalue weighted by molar-refractivity contribution is 9.09. The van der Waals surface area contributed by atoms with Gasteiger partial charge in [0, 0.05) is 16.9 Å². The molecule has 0 radical (unpaired) electrons. The van der Waals surface area contributed by atoms with Gasteiger partial charge in [0.2, 0.25) is 0 Å². The number of rotatable bonds is 5. The van der Waals surface area contributed by atoms with Gasteiger partial charge in [-0.05, 0) is 37.1 Å². The molecule has 1 N–H and O–H groups in total. The fourth-order valence-corrected chi connectivity index (χ4v) is 1.69. The van der Waals surface area contributed by atoms with Crippen LogP contribution in [0.1, 0.15) is 35.7 Å². The number of hydrogen-bond acceptors (Lipinski definition) is 1. The van der Waals surface area contributed by atoms with E-state index in [0.29, 0.717) is 11.4 Å². The minimum Gasteiger partial charge on any atom is -0.352 e. The van der Waals surface area contributed by atoms with Gasteiger partial charge >= 0.3 is 6.18 Å². The quantitative estimate of drug-likeness (QED) is 0.808. The molecule has 1 aromatic carbocycles. The molecule has 0 spiro atoms. The Morgan fingerprint density at radius 2 is 1.89 bits per heavy atom. The van der Waals surface area contributed by atoms with E-state index in [1.165, 1.54) is 12.1 Å². The largest absolute Gasteiger partial charge is 0.416 e.